The largest absolute Gasteiger partial charge is 0.396 e. The van der Waals surface area contributed by atoms with Crippen molar-refractivity contribution in [2.45, 2.75) is 23.6 Å². The zero-order valence-corrected chi connectivity index (χ0v) is 11.4. The predicted octanol–water partition coefficient (Wildman–Crippen LogP) is 2.60. The minimum Gasteiger partial charge on any atom is -0.396 e. The second-order valence-electron chi connectivity index (χ2n) is 3.68. The first kappa shape index (κ1) is 12.6. The summed E-state index contributed by atoms with van der Waals surface area (Å²) in [6.45, 7) is 2.31. The number of hydrogen-bond acceptors (Lipinski definition) is 6. The van der Waals surface area contributed by atoms with Gasteiger partial charge in [0.2, 0.25) is 5.95 Å². The molecule has 4 nitrogen and oxygen atoms in total. The molecule has 0 spiro atoms. The van der Waals surface area contributed by atoms with Crippen LogP contribution in [0.3, 0.4) is 0 Å². The summed E-state index contributed by atoms with van der Waals surface area (Å²) in [6.07, 6.45) is 0.773. The zero-order valence-electron chi connectivity index (χ0n) is 9.80. The van der Waals surface area contributed by atoms with Crippen molar-refractivity contribution in [1.29, 1.82) is 0 Å². The van der Waals surface area contributed by atoms with Gasteiger partial charge >= 0.3 is 0 Å². The van der Waals surface area contributed by atoms with Gasteiger partial charge in [0.05, 0.1) is 0 Å². The first-order valence-corrected chi connectivity index (χ1v) is 7.21. The summed E-state index contributed by atoms with van der Waals surface area (Å²) in [5.74, 6) is 0.652. The summed E-state index contributed by atoms with van der Waals surface area (Å²) < 4.78 is 0. The Balaban J connectivity index is 2.33. The van der Waals surface area contributed by atoms with Gasteiger partial charge in [-0.1, -0.05) is 6.92 Å². The number of thiophene rings is 1. The summed E-state index contributed by atoms with van der Waals surface area (Å²) in [5, 5.41) is 16.4. The van der Waals surface area contributed by atoms with Gasteiger partial charge in [-0.25, -0.2) is 9.97 Å². The highest BCUT2D eigenvalue weighted by Gasteiger charge is 2.12. The van der Waals surface area contributed by atoms with Crippen LogP contribution in [0.2, 0.25) is 0 Å². The van der Waals surface area contributed by atoms with Crippen molar-refractivity contribution in [3.8, 4) is 0 Å². The van der Waals surface area contributed by atoms with Crippen LogP contribution in [0, 0.1) is 0 Å². The average Bonchev–Trinajstić information content (AvgIpc) is 2.77. The van der Waals surface area contributed by atoms with Crippen molar-refractivity contribution in [1.82, 2.24) is 9.97 Å². The minimum absolute atomic E-state index is 0.213. The molecule has 0 aromatic carbocycles. The molecule has 0 bridgehead atoms. The number of aromatic nitrogens is 2. The lowest BCUT2D eigenvalue weighted by Gasteiger charge is -2.10. The summed E-state index contributed by atoms with van der Waals surface area (Å²) in [6, 6.07) is 2.05. The van der Waals surface area contributed by atoms with E-state index < -0.39 is 0 Å². The molecule has 1 unspecified atom stereocenters. The SMILES string of the molecule is CNc1nc(SC(C)CCO)c2ccsc2n1. The summed E-state index contributed by atoms with van der Waals surface area (Å²) in [4.78, 5) is 9.88. The van der Waals surface area contributed by atoms with Gasteiger partial charge in [-0.05, 0) is 17.9 Å². The van der Waals surface area contributed by atoms with E-state index in [0.717, 1.165) is 21.7 Å². The molecule has 0 fully saturated rings. The van der Waals surface area contributed by atoms with Gasteiger partial charge < -0.3 is 10.4 Å². The molecule has 2 heterocycles. The van der Waals surface area contributed by atoms with Gasteiger partial charge in [0.1, 0.15) is 9.86 Å². The van der Waals surface area contributed by atoms with Gasteiger partial charge in [0.15, 0.2) is 0 Å². The molecule has 0 aliphatic carbocycles. The van der Waals surface area contributed by atoms with Gasteiger partial charge in [-0.15, -0.1) is 23.1 Å². The van der Waals surface area contributed by atoms with Crippen molar-refractivity contribution in [3.05, 3.63) is 11.4 Å². The van der Waals surface area contributed by atoms with Crippen LogP contribution in [-0.2, 0) is 0 Å². The number of rotatable bonds is 5. The number of aliphatic hydroxyl groups excluding tert-OH is 1. The van der Waals surface area contributed by atoms with Crippen molar-refractivity contribution < 1.29 is 5.11 Å². The van der Waals surface area contributed by atoms with Crippen LogP contribution in [0.15, 0.2) is 16.5 Å². The third-order valence-corrected chi connectivity index (χ3v) is 4.34. The fourth-order valence-corrected chi connectivity index (χ4v) is 3.32. The van der Waals surface area contributed by atoms with Gasteiger partial charge in [0.25, 0.3) is 0 Å². The van der Waals surface area contributed by atoms with E-state index in [-0.39, 0.29) is 6.61 Å². The van der Waals surface area contributed by atoms with Gasteiger partial charge in [0, 0.05) is 24.3 Å². The van der Waals surface area contributed by atoms with E-state index in [1.165, 1.54) is 0 Å². The molecular formula is C11H15N3OS2. The molecule has 1 atom stereocenters. The monoisotopic (exact) mass is 269 g/mol. The van der Waals surface area contributed by atoms with Crippen LogP contribution < -0.4 is 5.32 Å². The van der Waals surface area contributed by atoms with Crippen molar-refractivity contribution >= 4 is 39.3 Å². The van der Waals surface area contributed by atoms with Gasteiger partial charge in [-0.3, -0.25) is 0 Å². The number of anilines is 1. The van der Waals surface area contributed by atoms with Gasteiger partial charge in [-0.2, -0.15) is 0 Å². The first-order valence-electron chi connectivity index (χ1n) is 5.45. The third kappa shape index (κ3) is 2.88. The molecule has 2 aromatic rings. The Hall–Kier alpha value is -0.850. The molecule has 17 heavy (non-hydrogen) atoms. The Labute approximate surface area is 108 Å². The van der Waals surface area contributed by atoms with Crippen molar-refractivity contribution in [2.24, 2.45) is 0 Å². The van der Waals surface area contributed by atoms with Crippen LogP contribution in [0.4, 0.5) is 5.95 Å². The topological polar surface area (TPSA) is 58.0 Å². The lowest BCUT2D eigenvalue weighted by molar-refractivity contribution is 0.289. The van der Waals surface area contributed by atoms with Crippen LogP contribution in [0.1, 0.15) is 13.3 Å². The number of fused-ring (bicyclic) bond motifs is 1. The molecule has 0 aliphatic rings. The molecule has 2 rings (SSSR count). The van der Waals surface area contributed by atoms with E-state index >= 15 is 0 Å². The maximum absolute atomic E-state index is 8.93. The standard InChI is InChI=1S/C11H15N3OS2/c1-7(3-5-15)17-10-8-4-6-16-9(8)13-11(12-2)14-10/h4,6-7,15H,3,5H2,1-2H3,(H,12,13,14). The summed E-state index contributed by atoms with van der Waals surface area (Å²) >= 11 is 3.30. The van der Waals surface area contributed by atoms with E-state index in [9.17, 15) is 0 Å². The minimum atomic E-state index is 0.213. The number of thioether (sulfide) groups is 1. The first-order chi connectivity index (χ1) is 8.24. The highest BCUT2D eigenvalue weighted by atomic mass is 32.2. The molecular weight excluding hydrogens is 254 g/mol. The summed E-state index contributed by atoms with van der Waals surface area (Å²) in [5.41, 5.74) is 0. The maximum atomic E-state index is 8.93. The normalized spacial score (nSPS) is 12.9. The predicted molar refractivity (Wildman–Crippen MR) is 74.0 cm³/mol. The molecule has 0 aliphatic heterocycles. The number of nitrogens with zero attached hydrogens (tertiary/aromatic N) is 2. The lowest BCUT2D eigenvalue weighted by atomic mass is 10.3. The molecule has 2 N–H and O–H groups in total. The van der Waals surface area contributed by atoms with Crippen LogP contribution >= 0.6 is 23.1 Å². The van der Waals surface area contributed by atoms with E-state index in [4.69, 9.17) is 5.11 Å². The number of hydrogen-bond donors (Lipinski definition) is 2. The lowest BCUT2D eigenvalue weighted by Crippen LogP contribution is -2.02. The average molecular weight is 269 g/mol. The Morgan fingerprint density at radius 2 is 2.35 bits per heavy atom. The van der Waals surface area contributed by atoms with E-state index in [2.05, 4.69) is 22.2 Å². The van der Waals surface area contributed by atoms with Crippen LogP contribution in [0.25, 0.3) is 10.2 Å². The maximum Gasteiger partial charge on any atom is 0.224 e. The molecule has 0 radical (unpaired) electrons. The van der Waals surface area contributed by atoms with Crippen LogP contribution in [-0.4, -0.2) is 34.0 Å². The number of aliphatic hydroxyl groups is 1. The molecule has 6 heteroatoms. The van der Waals surface area contributed by atoms with Crippen LogP contribution in [0.5, 0.6) is 0 Å². The second kappa shape index (κ2) is 5.66. The quantitative estimate of drug-likeness (QED) is 0.645. The molecule has 92 valence electrons. The highest BCUT2D eigenvalue weighted by molar-refractivity contribution is 8.00. The summed E-state index contributed by atoms with van der Waals surface area (Å²) in [7, 11) is 1.82. The fourth-order valence-electron chi connectivity index (χ4n) is 1.46. The van der Waals surface area contributed by atoms with E-state index in [1.54, 1.807) is 23.1 Å². The Morgan fingerprint density at radius 3 is 3.06 bits per heavy atom. The Morgan fingerprint density at radius 1 is 1.53 bits per heavy atom. The fraction of sp³-hybridized carbons (Fsp3) is 0.455. The van der Waals surface area contributed by atoms with Crippen molar-refractivity contribution in [2.75, 3.05) is 19.0 Å². The molecule has 0 saturated heterocycles. The molecule has 0 amide bonds. The Kier molecular flexibility index (Phi) is 4.20. The molecule has 2 aromatic heterocycles. The smallest absolute Gasteiger partial charge is 0.224 e. The van der Waals surface area contributed by atoms with E-state index in [0.29, 0.717) is 11.2 Å². The third-order valence-electron chi connectivity index (χ3n) is 2.36. The number of nitrogens with one attached hydrogen (secondary N) is 1. The zero-order chi connectivity index (χ0) is 12.3. The van der Waals surface area contributed by atoms with Crippen molar-refractivity contribution in [3.63, 3.8) is 0 Å². The highest BCUT2D eigenvalue weighted by Crippen LogP contribution is 2.32. The van der Waals surface area contributed by atoms with E-state index in [1.807, 2.05) is 18.5 Å². The molecule has 0 saturated carbocycles. The second-order valence-corrected chi connectivity index (χ2v) is 6.00. The Bertz CT molecular complexity index is 500.